The molecule has 2 amide bonds. The van der Waals surface area contributed by atoms with Crippen LogP contribution in [0, 0.1) is 0 Å². The van der Waals surface area contributed by atoms with Crippen molar-refractivity contribution in [3.05, 3.63) is 0 Å². The summed E-state index contributed by atoms with van der Waals surface area (Å²) in [5, 5.41) is 13.0. The van der Waals surface area contributed by atoms with Crippen LogP contribution in [0.5, 0.6) is 0 Å². The fourth-order valence-corrected chi connectivity index (χ4v) is 0.513. The van der Waals surface area contributed by atoms with Gasteiger partial charge in [-0.2, -0.15) is 0 Å². The van der Waals surface area contributed by atoms with E-state index >= 15 is 0 Å². The van der Waals surface area contributed by atoms with Gasteiger partial charge in [0.05, 0.1) is 0 Å². The van der Waals surface area contributed by atoms with Crippen molar-refractivity contribution >= 4 is 6.03 Å². The lowest BCUT2D eigenvalue weighted by Gasteiger charge is -2.02. The van der Waals surface area contributed by atoms with Gasteiger partial charge in [0.25, 0.3) is 0 Å². The average Bonchev–Trinajstić information content (AvgIpc) is 1.89. The first-order valence-electron chi connectivity index (χ1n) is 3.43. The zero-order chi connectivity index (χ0) is 7.82. The zero-order valence-corrected chi connectivity index (χ0v) is 6.18. The summed E-state index contributed by atoms with van der Waals surface area (Å²) in [7, 11) is 0. The monoisotopic (exact) mass is 146 g/mol. The van der Waals surface area contributed by atoms with Crippen LogP contribution in [-0.4, -0.2) is 24.4 Å². The number of unbranched alkanes of at least 4 members (excludes halogenated alkanes) is 1. The number of carbonyl (C=O) groups is 1. The zero-order valence-electron chi connectivity index (χ0n) is 6.18. The van der Waals surface area contributed by atoms with Crippen molar-refractivity contribution in [3.8, 4) is 0 Å². The molecule has 0 aliphatic heterocycles. The van der Waals surface area contributed by atoms with Gasteiger partial charge in [0, 0.05) is 6.54 Å². The maximum absolute atomic E-state index is 10.5. The van der Waals surface area contributed by atoms with Crippen LogP contribution < -0.4 is 10.6 Å². The van der Waals surface area contributed by atoms with Crippen LogP contribution in [0.2, 0.25) is 0 Å². The van der Waals surface area contributed by atoms with Crippen molar-refractivity contribution in [1.82, 2.24) is 10.6 Å². The molecular formula is C6H14N2O2. The topological polar surface area (TPSA) is 61.4 Å². The van der Waals surface area contributed by atoms with Gasteiger partial charge in [-0.1, -0.05) is 13.3 Å². The van der Waals surface area contributed by atoms with Crippen LogP contribution in [0.25, 0.3) is 0 Å². The molecule has 0 aromatic carbocycles. The Balaban J connectivity index is 3.05. The fraction of sp³-hybridized carbons (Fsp3) is 0.833. The molecule has 0 aromatic rings. The highest BCUT2D eigenvalue weighted by atomic mass is 16.3. The first-order valence-corrected chi connectivity index (χ1v) is 3.43. The summed E-state index contributed by atoms with van der Waals surface area (Å²) < 4.78 is 0. The third-order valence-electron chi connectivity index (χ3n) is 1.06. The normalized spacial score (nSPS) is 9.00. The van der Waals surface area contributed by atoms with Gasteiger partial charge in [-0.25, -0.2) is 4.79 Å². The van der Waals surface area contributed by atoms with E-state index in [2.05, 4.69) is 10.6 Å². The predicted molar refractivity (Wildman–Crippen MR) is 38.5 cm³/mol. The highest BCUT2D eigenvalue weighted by Crippen LogP contribution is 1.81. The van der Waals surface area contributed by atoms with E-state index in [1.165, 1.54) is 0 Å². The second kappa shape index (κ2) is 6.35. The molecule has 0 aliphatic rings. The molecule has 10 heavy (non-hydrogen) atoms. The van der Waals surface area contributed by atoms with Gasteiger partial charge in [0.2, 0.25) is 0 Å². The van der Waals surface area contributed by atoms with Crippen molar-refractivity contribution < 1.29 is 9.90 Å². The molecule has 4 nitrogen and oxygen atoms in total. The van der Waals surface area contributed by atoms with E-state index in [1.807, 2.05) is 6.92 Å². The van der Waals surface area contributed by atoms with Crippen molar-refractivity contribution in [2.24, 2.45) is 0 Å². The summed E-state index contributed by atoms with van der Waals surface area (Å²) in [6.45, 7) is 2.41. The van der Waals surface area contributed by atoms with Crippen LogP contribution in [0.1, 0.15) is 19.8 Å². The minimum Gasteiger partial charge on any atom is -0.376 e. The maximum atomic E-state index is 10.5. The molecule has 0 spiro atoms. The largest absolute Gasteiger partial charge is 0.376 e. The van der Waals surface area contributed by atoms with Crippen molar-refractivity contribution in [2.75, 3.05) is 13.3 Å². The van der Waals surface area contributed by atoms with E-state index in [-0.39, 0.29) is 12.8 Å². The van der Waals surface area contributed by atoms with Crippen LogP contribution >= 0.6 is 0 Å². The van der Waals surface area contributed by atoms with Crippen LogP contribution in [-0.2, 0) is 0 Å². The Morgan fingerprint density at radius 1 is 1.50 bits per heavy atom. The minimum absolute atomic E-state index is 0.308. The Morgan fingerprint density at radius 2 is 2.20 bits per heavy atom. The lowest BCUT2D eigenvalue weighted by atomic mass is 10.3. The first-order chi connectivity index (χ1) is 4.81. The highest BCUT2D eigenvalue weighted by Gasteiger charge is 1.93. The highest BCUT2D eigenvalue weighted by molar-refractivity contribution is 5.73. The number of urea groups is 1. The molecular weight excluding hydrogens is 132 g/mol. The van der Waals surface area contributed by atoms with Crippen LogP contribution in [0.4, 0.5) is 4.79 Å². The van der Waals surface area contributed by atoms with Crippen molar-refractivity contribution in [2.45, 2.75) is 19.8 Å². The molecule has 0 fully saturated rings. The van der Waals surface area contributed by atoms with E-state index in [1.54, 1.807) is 0 Å². The van der Waals surface area contributed by atoms with Gasteiger partial charge >= 0.3 is 6.03 Å². The smallest absolute Gasteiger partial charge is 0.316 e. The van der Waals surface area contributed by atoms with Crippen LogP contribution in [0.3, 0.4) is 0 Å². The minimum atomic E-state index is -0.309. The summed E-state index contributed by atoms with van der Waals surface area (Å²) in [6.07, 6.45) is 2.03. The molecule has 60 valence electrons. The molecule has 0 aliphatic carbocycles. The third kappa shape index (κ3) is 5.37. The van der Waals surface area contributed by atoms with Crippen molar-refractivity contribution in [3.63, 3.8) is 0 Å². The predicted octanol–water partition coefficient (Wildman–Crippen LogP) is 0.0355. The molecule has 0 radical (unpaired) electrons. The number of hydrogen-bond donors (Lipinski definition) is 3. The molecule has 0 saturated carbocycles. The van der Waals surface area contributed by atoms with E-state index in [0.717, 1.165) is 12.8 Å². The number of aliphatic hydroxyl groups excluding tert-OH is 1. The Kier molecular flexibility index (Phi) is 5.86. The molecule has 4 heteroatoms. The van der Waals surface area contributed by atoms with Gasteiger partial charge in [0.1, 0.15) is 6.73 Å². The fourth-order valence-electron chi connectivity index (χ4n) is 0.513. The number of rotatable bonds is 4. The van der Waals surface area contributed by atoms with E-state index in [4.69, 9.17) is 5.11 Å². The first kappa shape index (κ1) is 9.23. The Labute approximate surface area is 60.6 Å². The second-order valence-electron chi connectivity index (χ2n) is 1.94. The molecule has 0 saturated heterocycles. The van der Waals surface area contributed by atoms with Gasteiger partial charge in [0.15, 0.2) is 0 Å². The van der Waals surface area contributed by atoms with Gasteiger partial charge in [-0.05, 0) is 6.42 Å². The summed E-state index contributed by atoms with van der Waals surface area (Å²) in [6, 6.07) is -0.309. The van der Waals surface area contributed by atoms with E-state index < -0.39 is 0 Å². The molecule has 3 N–H and O–H groups in total. The average molecular weight is 146 g/mol. The lowest BCUT2D eigenvalue weighted by Crippen LogP contribution is -2.36. The number of nitrogens with one attached hydrogen (secondary N) is 2. The number of hydrogen-bond acceptors (Lipinski definition) is 2. The summed E-state index contributed by atoms with van der Waals surface area (Å²) in [4.78, 5) is 10.5. The Morgan fingerprint density at radius 3 is 2.70 bits per heavy atom. The maximum Gasteiger partial charge on any atom is 0.316 e. The Hall–Kier alpha value is -0.770. The van der Waals surface area contributed by atoms with Gasteiger partial charge in [-0.3, -0.25) is 0 Å². The molecule has 0 rings (SSSR count). The van der Waals surface area contributed by atoms with Gasteiger partial charge in [-0.15, -0.1) is 0 Å². The number of aliphatic hydroxyl groups is 1. The SMILES string of the molecule is CCCCNC(=O)NCO. The van der Waals surface area contributed by atoms with Gasteiger partial charge < -0.3 is 15.7 Å². The molecule has 0 aromatic heterocycles. The summed E-state index contributed by atoms with van der Waals surface area (Å²) >= 11 is 0. The Bertz CT molecular complexity index is 95.7. The summed E-state index contributed by atoms with van der Waals surface area (Å²) in [5.41, 5.74) is 0. The quantitative estimate of drug-likeness (QED) is 0.387. The van der Waals surface area contributed by atoms with E-state index in [0.29, 0.717) is 6.54 Å². The molecule has 0 heterocycles. The molecule has 0 atom stereocenters. The molecule has 0 unspecified atom stereocenters. The summed E-state index contributed by atoms with van der Waals surface area (Å²) in [5.74, 6) is 0. The van der Waals surface area contributed by atoms with E-state index in [9.17, 15) is 4.79 Å². The standard InChI is InChI=1S/C6H14N2O2/c1-2-3-4-7-6(10)8-5-9/h9H,2-5H2,1H3,(H2,7,8,10). The number of amides is 2. The third-order valence-corrected chi connectivity index (χ3v) is 1.06. The number of carbonyl (C=O) groups excluding carboxylic acids is 1. The lowest BCUT2D eigenvalue weighted by molar-refractivity contribution is 0.218. The van der Waals surface area contributed by atoms with Crippen LogP contribution in [0.15, 0.2) is 0 Å². The second-order valence-corrected chi connectivity index (χ2v) is 1.94. The van der Waals surface area contributed by atoms with Crippen molar-refractivity contribution in [1.29, 1.82) is 0 Å². The molecule has 0 bridgehead atoms.